The van der Waals surface area contributed by atoms with Crippen molar-refractivity contribution in [3.63, 3.8) is 0 Å². The van der Waals surface area contributed by atoms with Gasteiger partial charge in [-0.2, -0.15) is 0 Å². The second-order valence-corrected chi connectivity index (χ2v) is 11.9. The average Bonchev–Trinajstić information content (AvgIpc) is 2.66. The Morgan fingerprint density at radius 3 is 1.74 bits per heavy atom. The first-order valence-corrected chi connectivity index (χ1v) is 12.5. The van der Waals surface area contributed by atoms with Crippen LogP contribution in [0.1, 0.15) is 77.9 Å². The van der Waals surface area contributed by atoms with Gasteiger partial charge in [-0.05, 0) is 65.6 Å². The highest BCUT2D eigenvalue weighted by molar-refractivity contribution is 7.54. The molecule has 0 radical (unpaired) electrons. The molecule has 0 amide bonds. The number of rotatable bonds is 8. The van der Waals surface area contributed by atoms with Crippen LogP contribution in [-0.4, -0.2) is 18.3 Å². The van der Waals surface area contributed by atoms with Gasteiger partial charge in [0, 0.05) is 5.69 Å². The van der Waals surface area contributed by atoms with Crippen molar-refractivity contribution >= 4 is 13.3 Å². The monoisotopic (exact) mass is 447 g/mol. The van der Waals surface area contributed by atoms with E-state index in [1.807, 2.05) is 56.3 Å². The lowest BCUT2D eigenvalue weighted by molar-refractivity contribution is 0.214. The third kappa shape index (κ3) is 6.12. The quantitative estimate of drug-likeness (QED) is 0.414. The summed E-state index contributed by atoms with van der Waals surface area (Å²) in [5.74, 6) is -0.442. The van der Waals surface area contributed by atoms with Gasteiger partial charge in [-0.25, -0.2) is 0 Å². The van der Waals surface area contributed by atoms with Gasteiger partial charge in [-0.3, -0.25) is 4.57 Å². The van der Waals surface area contributed by atoms with E-state index in [4.69, 9.17) is 9.05 Å². The molecule has 2 aromatic carbocycles. The summed E-state index contributed by atoms with van der Waals surface area (Å²) in [4.78, 5) is 0. The molecule has 0 saturated heterocycles. The molecule has 6 heteroatoms. The van der Waals surface area contributed by atoms with Crippen molar-refractivity contribution in [3.8, 4) is 5.75 Å². The van der Waals surface area contributed by atoms with Crippen molar-refractivity contribution in [2.75, 3.05) is 18.5 Å². The van der Waals surface area contributed by atoms with E-state index < -0.39 is 13.4 Å². The highest BCUT2D eigenvalue weighted by Crippen LogP contribution is 2.61. The van der Waals surface area contributed by atoms with Crippen molar-refractivity contribution in [3.05, 3.63) is 59.2 Å². The normalized spacial score (nSPS) is 13.8. The molecule has 2 N–H and O–H groups in total. The van der Waals surface area contributed by atoms with Crippen molar-refractivity contribution in [2.45, 2.75) is 72.0 Å². The maximum atomic E-state index is 14.0. The lowest BCUT2D eigenvalue weighted by Crippen LogP contribution is -2.21. The number of para-hydroxylation sites is 1. The van der Waals surface area contributed by atoms with Crippen LogP contribution in [0.15, 0.2) is 42.5 Å². The van der Waals surface area contributed by atoms with E-state index in [1.165, 1.54) is 0 Å². The molecule has 1 atom stereocenters. The third-order valence-electron chi connectivity index (χ3n) is 5.08. The Balaban J connectivity index is 2.79. The largest absolute Gasteiger partial charge is 0.507 e. The first kappa shape index (κ1) is 25.5. The van der Waals surface area contributed by atoms with E-state index in [0.29, 0.717) is 0 Å². The van der Waals surface area contributed by atoms with E-state index in [-0.39, 0.29) is 29.8 Å². The number of phenols is 1. The standard InChI is InChI=1S/C25H38NO4P/c1-9-29-31(28,30-10-2)23(26-19-14-12-11-13-15-19)18-16-20(24(3,4)5)22(27)21(17-18)25(6,7)8/h11-17,23,26-27H,9-10H2,1-8H3/t23-/m0/s1. The molecular weight excluding hydrogens is 409 g/mol. The maximum Gasteiger partial charge on any atom is 0.357 e. The minimum atomic E-state index is -3.57. The summed E-state index contributed by atoms with van der Waals surface area (Å²) in [6.45, 7) is 16.5. The van der Waals surface area contributed by atoms with E-state index in [2.05, 4.69) is 46.9 Å². The summed E-state index contributed by atoms with van der Waals surface area (Å²) < 4.78 is 25.5. The van der Waals surface area contributed by atoms with Gasteiger partial charge < -0.3 is 19.5 Å². The number of phenolic OH excluding ortho intramolecular Hbond substituents is 1. The van der Waals surface area contributed by atoms with E-state index in [9.17, 15) is 9.67 Å². The van der Waals surface area contributed by atoms with Crippen molar-refractivity contribution in [2.24, 2.45) is 0 Å². The van der Waals surface area contributed by atoms with Gasteiger partial charge in [0.25, 0.3) is 0 Å². The highest BCUT2D eigenvalue weighted by atomic mass is 31.2. The van der Waals surface area contributed by atoms with Gasteiger partial charge >= 0.3 is 7.60 Å². The van der Waals surface area contributed by atoms with Gasteiger partial charge in [0.05, 0.1) is 13.2 Å². The molecule has 0 unspecified atom stereocenters. The molecule has 0 aromatic heterocycles. The van der Waals surface area contributed by atoms with Gasteiger partial charge in [0.1, 0.15) is 5.75 Å². The van der Waals surface area contributed by atoms with E-state index >= 15 is 0 Å². The molecule has 2 rings (SSSR count). The molecular formula is C25H38NO4P. The first-order valence-electron chi connectivity index (χ1n) is 10.9. The second-order valence-electron chi connectivity index (χ2n) is 9.75. The van der Waals surface area contributed by atoms with Crippen LogP contribution in [-0.2, 0) is 24.4 Å². The van der Waals surface area contributed by atoms with Gasteiger partial charge in [0.15, 0.2) is 5.78 Å². The topological polar surface area (TPSA) is 67.8 Å². The highest BCUT2D eigenvalue weighted by Gasteiger charge is 2.39. The van der Waals surface area contributed by atoms with Crippen LogP contribution in [0, 0.1) is 0 Å². The molecule has 31 heavy (non-hydrogen) atoms. The first-order chi connectivity index (χ1) is 14.3. The van der Waals surface area contributed by atoms with Crippen LogP contribution in [0.4, 0.5) is 5.69 Å². The molecule has 0 fully saturated rings. The Hall–Kier alpha value is -1.81. The minimum absolute atomic E-state index is 0.264. The van der Waals surface area contributed by atoms with Crippen LogP contribution in [0.5, 0.6) is 5.75 Å². The summed E-state index contributed by atoms with van der Waals surface area (Å²) >= 11 is 0. The summed E-state index contributed by atoms with van der Waals surface area (Å²) in [6, 6.07) is 13.5. The Morgan fingerprint density at radius 1 is 0.903 bits per heavy atom. The Kier molecular flexibility index (Phi) is 8.02. The Labute approximate surface area is 187 Å². The molecule has 5 nitrogen and oxygen atoms in total. The smallest absolute Gasteiger partial charge is 0.357 e. The van der Waals surface area contributed by atoms with Crippen LogP contribution in [0.25, 0.3) is 0 Å². The van der Waals surface area contributed by atoms with Crippen LogP contribution >= 0.6 is 7.60 Å². The van der Waals surface area contributed by atoms with Gasteiger partial charge in [0.2, 0.25) is 0 Å². The summed E-state index contributed by atoms with van der Waals surface area (Å²) in [7, 11) is -3.57. The average molecular weight is 448 g/mol. The van der Waals surface area contributed by atoms with Crippen LogP contribution in [0.2, 0.25) is 0 Å². The van der Waals surface area contributed by atoms with E-state index in [1.54, 1.807) is 0 Å². The molecule has 0 bridgehead atoms. The van der Waals surface area contributed by atoms with Crippen LogP contribution in [0.3, 0.4) is 0 Å². The van der Waals surface area contributed by atoms with Gasteiger partial charge in [-0.15, -0.1) is 0 Å². The molecule has 172 valence electrons. The van der Waals surface area contributed by atoms with Crippen LogP contribution < -0.4 is 5.32 Å². The zero-order chi connectivity index (χ0) is 23.4. The fourth-order valence-electron chi connectivity index (χ4n) is 3.54. The lowest BCUT2D eigenvalue weighted by Gasteiger charge is -2.32. The summed E-state index contributed by atoms with van der Waals surface area (Å²) in [6.07, 6.45) is 0. The zero-order valence-electron chi connectivity index (χ0n) is 20.2. The predicted octanol–water partition coefficient (Wildman–Crippen LogP) is 7.36. The zero-order valence-corrected chi connectivity index (χ0v) is 21.0. The number of benzene rings is 2. The Bertz CT molecular complexity index is 868. The maximum absolute atomic E-state index is 14.0. The molecule has 0 aliphatic heterocycles. The lowest BCUT2D eigenvalue weighted by atomic mass is 9.78. The Morgan fingerprint density at radius 2 is 1.35 bits per heavy atom. The molecule has 0 aliphatic carbocycles. The fourth-order valence-corrected chi connectivity index (χ4v) is 5.46. The molecule has 0 heterocycles. The van der Waals surface area contributed by atoms with Gasteiger partial charge in [-0.1, -0.05) is 59.7 Å². The summed E-state index contributed by atoms with van der Waals surface area (Å²) in [5.41, 5.74) is 2.57. The second kappa shape index (κ2) is 9.77. The van der Waals surface area contributed by atoms with E-state index in [0.717, 1.165) is 22.4 Å². The van der Waals surface area contributed by atoms with Crippen molar-refractivity contribution in [1.29, 1.82) is 0 Å². The SMILES string of the molecule is CCOP(=O)(OCC)[C@H](Nc1ccccc1)c1cc(C(C)(C)C)c(O)c(C(C)(C)C)c1. The molecule has 0 spiro atoms. The molecule has 2 aromatic rings. The number of hydrogen-bond donors (Lipinski definition) is 2. The number of hydrogen-bond acceptors (Lipinski definition) is 5. The number of anilines is 1. The predicted molar refractivity (Wildman–Crippen MR) is 129 cm³/mol. The minimum Gasteiger partial charge on any atom is -0.507 e. The number of nitrogens with one attached hydrogen (secondary N) is 1. The molecule has 0 aliphatic rings. The summed E-state index contributed by atoms with van der Waals surface area (Å²) in [5, 5.41) is 14.5. The molecule has 0 saturated carbocycles. The van der Waals surface area contributed by atoms with Crippen molar-refractivity contribution in [1.82, 2.24) is 0 Å². The number of aromatic hydroxyl groups is 1. The van der Waals surface area contributed by atoms with Crippen molar-refractivity contribution < 1.29 is 18.7 Å². The third-order valence-corrected chi connectivity index (χ3v) is 7.37. The fraction of sp³-hybridized carbons (Fsp3) is 0.520.